The molecule has 1 atom stereocenters. The number of aliphatic carboxylic acids is 1. The monoisotopic (exact) mass is 313 g/mol. The molecule has 0 spiro atoms. The maximum Gasteiger partial charge on any atom is 0.408 e. The Balaban J connectivity index is 2.80. The number of alkyl carbamates (subject to hydrolysis) is 1. The van der Waals surface area contributed by atoms with Crippen molar-refractivity contribution in [2.75, 3.05) is 6.61 Å². The number of hydrogen-bond acceptors (Lipinski definition) is 3. The molecule has 0 aliphatic carbocycles. The van der Waals surface area contributed by atoms with Gasteiger partial charge in [-0.05, 0) is 17.7 Å². The largest absolute Gasteiger partial charge is 0.479 e. The summed E-state index contributed by atoms with van der Waals surface area (Å²) in [6.07, 6.45) is 0.594. The second-order valence-corrected chi connectivity index (χ2v) is 4.27. The molecule has 0 fully saturated rings. The predicted molar refractivity (Wildman–Crippen MR) is 69.2 cm³/mol. The van der Waals surface area contributed by atoms with Crippen molar-refractivity contribution in [3.63, 3.8) is 0 Å². The maximum absolute atomic E-state index is 11.3. The number of rotatable bonds is 5. The molecular weight excluding hydrogens is 302 g/mol. The van der Waals surface area contributed by atoms with Gasteiger partial charge in [0.1, 0.15) is 6.61 Å². The van der Waals surface area contributed by atoms with Crippen LogP contribution in [0.3, 0.4) is 0 Å². The summed E-state index contributed by atoms with van der Waals surface area (Å²) in [5, 5.41) is 11.4. The number of carbonyl (C=O) groups excluding carboxylic acids is 1. The summed E-state index contributed by atoms with van der Waals surface area (Å²) in [6.45, 7) is 3.41. The molecule has 1 amide bonds. The number of halogens is 1. The summed E-state index contributed by atoms with van der Waals surface area (Å²) in [4.78, 5) is 22.4. The molecule has 0 aromatic heterocycles. The first-order valence-corrected chi connectivity index (χ1v) is 5.86. The van der Waals surface area contributed by atoms with Crippen LogP contribution in [0, 0.1) is 0 Å². The summed E-state index contributed by atoms with van der Waals surface area (Å²) >= 11 is 3.24. The lowest BCUT2D eigenvalue weighted by Crippen LogP contribution is -2.34. The van der Waals surface area contributed by atoms with E-state index in [4.69, 9.17) is 5.11 Å². The van der Waals surface area contributed by atoms with Gasteiger partial charge in [-0.25, -0.2) is 9.59 Å². The van der Waals surface area contributed by atoms with Crippen LogP contribution in [-0.2, 0) is 9.53 Å². The molecule has 1 rings (SSSR count). The summed E-state index contributed by atoms with van der Waals surface area (Å²) in [5.74, 6) is -1.16. The van der Waals surface area contributed by atoms with Crippen molar-refractivity contribution >= 4 is 28.0 Å². The molecule has 2 N–H and O–H groups in total. The van der Waals surface area contributed by atoms with Gasteiger partial charge in [-0.15, -0.1) is 0 Å². The minimum atomic E-state index is -1.16. The van der Waals surface area contributed by atoms with E-state index in [9.17, 15) is 9.59 Å². The average Bonchev–Trinajstić information content (AvgIpc) is 2.33. The van der Waals surface area contributed by atoms with Crippen LogP contribution >= 0.6 is 15.9 Å². The Labute approximate surface area is 113 Å². The smallest absolute Gasteiger partial charge is 0.408 e. The lowest BCUT2D eigenvalue weighted by molar-refractivity contribution is -0.139. The van der Waals surface area contributed by atoms with Crippen LogP contribution in [0.1, 0.15) is 11.6 Å². The number of ether oxygens (including phenoxy) is 1. The summed E-state index contributed by atoms with van der Waals surface area (Å²) in [5.41, 5.74) is 0.451. The highest BCUT2D eigenvalue weighted by Gasteiger charge is 2.22. The molecule has 96 valence electrons. The first kappa shape index (κ1) is 14.2. The Hall–Kier alpha value is -1.82. The Morgan fingerprint density at radius 3 is 2.83 bits per heavy atom. The topological polar surface area (TPSA) is 75.6 Å². The molecule has 0 bridgehead atoms. The van der Waals surface area contributed by atoms with Gasteiger partial charge >= 0.3 is 12.1 Å². The number of carboxylic acids is 1. The van der Waals surface area contributed by atoms with Crippen LogP contribution < -0.4 is 5.32 Å². The molecule has 1 unspecified atom stereocenters. The molecule has 0 heterocycles. The number of benzene rings is 1. The van der Waals surface area contributed by atoms with E-state index < -0.39 is 18.1 Å². The molecule has 0 aliphatic heterocycles. The van der Waals surface area contributed by atoms with Crippen molar-refractivity contribution in [2.24, 2.45) is 0 Å². The van der Waals surface area contributed by atoms with Gasteiger partial charge in [0.25, 0.3) is 0 Å². The second kappa shape index (κ2) is 6.80. The van der Waals surface area contributed by atoms with E-state index in [0.717, 1.165) is 4.47 Å². The van der Waals surface area contributed by atoms with Crippen molar-refractivity contribution in [1.29, 1.82) is 0 Å². The van der Waals surface area contributed by atoms with Gasteiger partial charge in [0.05, 0.1) is 0 Å². The van der Waals surface area contributed by atoms with Gasteiger partial charge in [-0.1, -0.05) is 40.7 Å². The van der Waals surface area contributed by atoms with Crippen molar-refractivity contribution in [2.45, 2.75) is 6.04 Å². The summed E-state index contributed by atoms with van der Waals surface area (Å²) < 4.78 is 5.41. The number of carboxylic acid groups (broad SMARTS) is 1. The number of carbonyl (C=O) groups is 2. The third-order valence-corrected chi connectivity index (χ3v) is 2.52. The zero-order chi connectivity index (χ0) is 13.5. The van der Waals surface area contributed by atoms with Crippen LogP contribution in [-0.4, -0.2) is 23.8 Å². The standard InChI is InChI=1S/C12H12BrNO4/c1-2-6-18-12(17)14-10(11(15)16)8-4-3-5-9(13)7-8/h2-5,7,10H,1,6H2,(H,14,17)(H,15,16). The minimum absolute atomic E-state index is 0.0245. The van der Waals surface area contributed by atoms with Crippen molar-refractivity contribution < 1.29 is 19.4 Å². The second-order valence-electron chi connectivity index (χ2n) is 3.36. The van der Waals surface area contributed by atoms with Gasteiger partial charge in [-0.2, -0.15) is 0 Å². The van der Waals surface area contributed by atoms with E-state index in [-0.39, 0.29) is 6.61 Å². The van der Waals surface area contributed by atoms with Crippen LogP contribution in [0.5, 0.6) is 0 Å². The number of nitrogens with one attached hydrogen (secondary N) is 1. The number of amides is 1. The number of hydrogen-bond donors (Lipinski definition) is 2. The molecule has 18 heavy (non-hydrogen) atoms. The van der Waals surface area contributed by atoms with Gasteiger partial charge in [0, 0.05) is 4.47 Å². The average molecular weight is 314 g/mol. The van der Waals surface area contributed by atoms with E-state index >= 15 is 0 Å². The van der Waals surface area contributed by atoms with Crippen LogP contribution in [0.2, 0.25) is 0 Å². The fourth-order valence-electron chi connectivity index (χ4n) is 1.27. The zero-order valence-corrected chi connectivity index (χ0v) is 11.0. The molecule has 0 aliphatic rings. The highest BCUT2D eigenvalue weighted by molar-refractivity contribution is 9.10. The first-order valence-electron chi connectivity index (χ1n) is 5.07. The highest BCUT2D eigenvalue weighted by atomic mass is 79.9. The maximum atomic E-state index is 11.3. The zero-order valence-electron chi connectivity index (χ0n) is 9.43. The van der Waals surface area contributed by atoms with Crippen molar-refractivity contribution in [1.82, 2.24) is 5.32 Å². The van der Waals surface area contributed by atoms with E-state index in [1.165, 1.54) is 6.08 Å². The Morgan fingerprint density at radius 1 is 1.56 bits per heavy atom. The van der Waals surface area contributed by atoms with Crippen molar-refractivity contribution in [3.05, 3.63) is 47.0 Å². The molecule has 0 saturated carbocycles. The lowest BCUT2D eigenvalue weighted by Gasteiger charge is -2.14. The Morgan fingerprint density at radius 2 is 2.28 bits per heavy atom. The lowest BCUT2D eigenvalue weighted by atomic mass is 10.1. The molecule has 5 nitrogen and oxygen atoms in total. The van der Waals surface area contributed by atoms with Crippen LogP contribution in [0.4, 0.5) is 4.79 Å². The van der Waals surface area contributed by atoms with Gasteiger partial charge in [-0.3, -0.25) is 0 Å². The third-order valence-electron chi connectivity index (χ3n) is 2.02. The predicted octanol–water partition coefficient (Wildman–Crippen LogP) is 2.49. The van der Waals surface area contributed by atoms with E-state index in [1.807, 2.05) is 0 Å². The van der Waals surface area contributed by atoms with E-state index in [1.54, 1.807) is 24.3 Å². The molecule has 0 saturated heterocycles. The highest BCUT2D eigenvalue weighted by Crippen LogP contribution is 2.18. The van der Waals surface area contributed by atoms with Crippen LogP contribution in [0.25, 0.3) is 0 Å². The summed E-state index contributed by atoms with van der Waals surface area (Å²) in [7, 11) is 0. The SMILES string of the molecule is C=CCOC(=O)NC(C(=O)O)c1cccc(Br)c1. The van der Waals surface area contributed by atoms with Gasteiger partial charge in [0.2, 0.25) is 0 Å². The Kier molecular flexibility index (Phi) is 5.38. The normalized spacial score (nSPS) is 11.4. The summed E-state index contributed by atoms with van der Waals surface area (Å²) in [6, 6.07) is 5.52. The molecule has 1 aromatic carbocycles. The van der Waals surface area contributed by atoms with E-state index in [2.05, 4.69) is 32.6 Å². The first-order chi connectivity index (χ1) is 8.54. The minimum Gasteiger partial charge on any atom is -0.479 e. The quantitative estimate of drug-likeness (QED) is 0.819. The molecular formula is C12H12BrNO4. The fourth-order valence-corrected chi connectivity index (χ4v) is 1.68. The Bertz CT molecular complexity index is 461. The fraction of sp³-hybridized carbons (Fsp3) is 0.167. The van der Waals surface area contributed by atoms with Crippen molar-refractivity contribution in [3.8, 4) is 0 Å². The van der Waals surface area contributed by atoms with Gasteiger partial charge in [0.15, 0.2) is 6.04 Å². The molecule has 1 aromatic rings. The molecule has 0 radical (unpaired) electrons. The third kappa shape index (κ3) is 4.21. The van der Waals surface area contributed by atoms with Gasteiger partial charge < -0.3 is 15.2 Å². The van der Waals surface area contributed by atoms with E-state index in [0.29, 0.717) is 5.56 Å². The molecule has 6 heteroatoms. The van der Waals surface area contributed by atoms with Crippen LogP contribution in [0.15, 0.2) is 41.4 Å².